The van der Waals surface area contributed by atoms with E-state index in [1.165, 1.54) is 13.3 Å². The topological polar surface area (TPSA) is 77.5 Å². The standard InChI is InChI=1S/C18H18N2O4S/c1-23-15-8-7-14(18(10-15)24-2)11-20-25(21,22)16-9-13-5-3-4-6-17(13)19-12-16/h3-10,12,20H,11H2,1-2H3. The van der Waals surface area contributed by atoms with E-state index < -0.39 is 10.0 Å². The van der Waals surface area contributed by atoms with Crippen molar-refractivity contribution in [1.82, 2.24) is 9.71 Å². The van der Waals surface area contributed by atoms with E-state index in [2.05, 4.69) is 9.71 Å². The van der Waals surface area contributed by atoms with Gasteiger partial charge < -0.3 is 9.47 Å². The summed E-state index contributed by atoms with van der Waals surface area (Å²) in [6.45, 7) is 0.0995. The van der Waals surface area contributed by atoms with Crippen LogP contribution in [0, 0.1) is 0 Å². The largest absolute Gasteiger partial charge is 0.497 e. The molecule has 0 aliphatic carbocycles. The Labute approximate surface area is 146 Å². The summed E-state index contributed by atoms with van der Waals surface area (Å²) in [4.78, 5) is 4.32. The second-order valence-corrected chi connectivity index (χ2v) is 7.13. The first-order chi connectivity index (χ1) is 12.0. The van der Waals surface area contributed by atoms with Crippen molar-refractivity contribution in [3.05, 3.63) is 60.3 Å². The molecule has 0 radical (unpaired) electrons. The van der Waals surface area contributed by atoms with Crippen LogP contribution in [0.3, 0.4) is 0 Å². The minimum absolute atomic E-state index is 0.0995. The number of fused-ring (bicyclic) bond motifs is 1. The average Bonchev–Trinajstić information content (AvgIpc) is 2.65. The van der Waals surface area contributed by atoms with E-state index in [0.717, 1.165) is 10.9 Å². The molecule has 0 unspecified atom stereocenters. The lowest BCUT2D eigenvalue weighted by Crippen LogP contribution is -2.23. The molecule has 0 aliphatic heterocycles. The third-order valence-electron chi connectivity index (χ3n) is 3.82. The van der Waals surface area contributed by atoms with Crippen molar-refractivity contribution in [2.45, 2.75) is 11.4 Å². The molecular weight excluding hydrogens is 340 g/mol. The summed E-state index contributed by atoms with van der Waals surface area (Å²) >= 11 is 0. The number of rotatable bonds is 6. The maximum absolute atomic E-state index is 12.6. The summed E-state index contributed by atoms with van der Waals surface area (Å²) in [5.41, 5.74) is 1.46. The lowest BCUT2D eigenvalue weighted by Gasteiger charge is -2.12. The second kappa shape index (κ2) is 7.08. The van der Waals surface area contributed by atoms with Crippen LogP contribution in [0.5, 0.6) is 11.5 Å². The fourth-order valence-corrected chi connectivity index (χ4v) is 3.44. The predicted molar refractivity (Wildman–Crippen MR) is 95.3 cm³/mol. The van der Waals surface area contributed by atoms with Crippen molar-refractivity contribution in [3.63, 3.8) is 0 Å². The summed E-state index contributed by atoms with van der Waals surface area (Å²) in [7, 11) is -0.603. The summed E-state index contributed by atoms with van der Waals surface area (Å²) in [5, 5.41) is 0.771. The van der Waals surface area contributed by atoms with Gasteiger partial charge in [-0.25, -0.2) is 13.1 Å². The lowest BCUT2D eigenvalue weighted by atomic mass is 10.2. The molecule has 0 saturated carbocycles. The van der Waals surface area contributed by atoms with Crippen molar-refractivity contribution in [1.29, 1.82) is 0 Å². The quantitative estimate of drug-likeness (QED) is 0.733. The van der Waals surface area contributed by atoms with Crippen molar-refractivity contribution in [2.75, 3.05) is 14.2 Å². The van der Waals surface area contributed by atoms with Crippen LogP contribution in [0.2, 0.25) is 0 Å². The van der Waals surface area contributed by atoms with Crippen molar-refractivity contribution < 1.29 is 17.9 Å². The van der Waals surface area contributed by atoms with E-state index in [1.54, 1.807) is 31.4 Å². The Bertz CT molecular complexity index is 1000. The molecule has 1 aromatic heterocycles. The van der Waals surface area contributed by atoms with Gasteiger partial charge in [0.2, 0.25) is 10.0 Å². The first kappa shape index (κ1) is 17.2. The Hall–Kier alpha value is -2.64. The van der Waals surface area contributed by atoms with Crippen LogP contribution in [0.4, 0.5) is 0 Å². The number of benzene rings is 2. The molecule has 1 heterocycles. The number of methoxy groups -OCH3 is 2. The third kappa shape index (κ3) is 3.72. The van der Waals surface area contributed by atoms with Gasteiger partial charge in [0.25, 0.3) is 0 Å². The summed E-state index contributed by atoms with van der Waals surface area (Å²) in [5.74, 6) is 1.20. The number of pyridine rings is 1. The van der Waals surface area contributed by atoms with Crippen LogP contribution >= 0.6 is 0 Å². The Morgan fingerprint density at radius 1 is 1.04 bits per heavy atom. The van der Waals surface area contributed by atoms with Crippen molar-refractivity contribution in [3.8, 4) is 11.5 Å². The first-order valence-electron chi connectivity index (χ1n) is 7.59. The molecule has 0 spiro atoms. The molecule has 0 fully saturated rings. The number of aromatic nitrogens is 1. The van der Waals surface area contributed by atoms with Crippen LogP contribution in [0.15, 0.2) is 59.6 Å². The van der Waals surface area contributed by atoms with Crippen LogP contribution in [0.1, 0.15) is 5.56 Å². The molecule has 3 aromatic rings. The Balaban J connectivity index is 1.83. The Kier molecular flexibility index (Phi) is 4.87. The fourth-order valence-electron chi connectivity index (χ4n) is 2.45. The minimum atomic E-state index is -3.69. The maximum atomic E-state index is 12.6. The van der Waals surface area contributed by atoms with Gasteiger partial charge in [-0.2, -0.15) is 0 Å². The average molecular weight is 358 g/mol. The number of nitrogens with zero attached hydrogens (tertiary/aromatic N) is 1. The summed E-state index contributed by atoms with van der Waals surface area (Å²) in [6.07, 6.45) is 1.36. The van der Waals surface area contributed by atoms with Gasteiger partial charge in [-0.3, -0.25) is 4.98 Å². The van der Waals surface area contributed by atoms with Gasteiger partial charge >= 0.3 is 0 Å². The summed E-state index contributed by atoms with van der Waals surface area (Å²) in [6, 6.07) is 14.2. The summed E-state index contributed by atoms with van der Waals surface area (Å²) < 4.78 is 38.1. The highest BCUT2D eigenvalue weighted by Crippen LogP contribution is 2.25. The zero-order chi connectivity index (χ0) is 17.9. The number of nitrogens with one attached hydrogen (secondary N) is 1. The molecule has 1 N–H and O–H groups in total. The second-order valence-electron chi connectivity index (χ2n) is 5.37. The van der Waals surface area contributed by atoms with Crippen molar-refractivity contribution >= 4 is 20.9 Å². The number of ether oxygens (including phenoxy) is 2. The first-order valence-corrected chi connectivity index (χ1v) is 9.07. The van der Waals surface area contributed by atoms with Gasteiger partial charge in [-0.1, -0.05) is 24.3 Å². The number of sulfonamides is 1. The van der Waals surface area contributed by atoms with Gasteiger partial charge in [-0.15, -0.1) is 0 Å². The molecular formula is C18H18N2O4S. The molecule has 7 heteroatoms. The number of hydrogen-bond acceptors (Lipinski definition) is 5. The van der Waals surface area contributed by atoms with E-state index in [9.17, 15) is 8.42 Å². The molecule has 2 aromatic carbocycles. The molecule has 0 saturated heterocycles. The van der Waals surface area contributed by atoms with E-state index >= 15 is 0 Å². The SMILES string of the molecule is COc1ccc(CNS(=O)(=O)c2cnc3ccccc3c2)c(OC)c1. The predicted octanol–water partition coefficient (Wildman–Crippen LogP) is 2.73. The van der Waals surface area contributed by atoms with Crippen LogP contribution < -0.4 is 14.2 Å². The van der Waals surface area contributed by atoms with Gasteiger partial charge in [0, 0.05) is 29.8 Å². The number of para-hydroxylation sites is 1. The molecule has 130 valence electrons. The minimum Gasteiger partial charge on any atom is -0.497 e. The van der Waals surface area contributed by atoms with E-state index in [-0.39, 0.29) is 11.4 Å². The highest BCUT2D eigenvalue weighted by atomic mass is 32.2. The van der Waals surface area contributed by atoms with Gasteiger partial charge in [0.1, 0.15) is 16.4 Å². The van der Waals surface area contributed by atoms with Crippen LogP contribution in [0.25, 0.3) is 10.9 Å². The fraction of sp³-hybridized carbons (Fsp3) is 0.167. The molecule has 0 amide bonds. The van der Waals surface area contributed by atoms with Crippen LogP contribution in [-0.2, 0) is 16.6 Å². The molecule has 0 aliphatic rings. The highest BCUT2D eigenvalue weighted by Gasteiger charge is 2.16. The van der Waals surface area contributed by atoms with E-state index in [1.807, 2.05) is 24.3 Å². The maximum Gasteiger partial charge on any atom is 0.242 e. The molecule has 0 bridgehead atoms. The van der Waals surface area contributed by atoms with E-state index in [4.69, 9.17) is 9.47 Å². The molecule has 6 nitrogen and oxygen atoms in total. The zero-order valence-corrected chi connectivity index (χ0v) is 14.7. The van der Waals surface area contributed by atoms with Gasteiger partial charge in [0.15, 0.2) is 0 Å². The Morgan fingerprint density at radius 3 is 2.60 bits per heavy atom. The zero-order valence-electron chi connectivity index (χ0n) is 13.9. The van der Waals surface area contributed by atoms with Crippen molar-refractivity contribution in [2.24, 2.45) is 0 Å². The molecule has 0 atom stereocenters. The monoisotopic (exact) mass is 358 g/mol. The van der Waals surface area contributed by atoms with Gasteiger partial charge in [0.05, 0.1) is 19.7 Å². The smallest absolute Gasteiger partial charge is 0.242 e. The van der Waals surface area contributed by atoms with Crippen LogP contribution in [-0.4, -0.2) is 27.6 Å². The third-order valence-corrected chi connectivity index (χ3v) is 5.19. The normalized spacial score (nSPS) is 11.4. The van der Waals surface area contributed by atoms with E-state index in [0.29, 0.717) is 17.1 Å². The number of hydrogen-bond donors (Lipinski definition) is 1. The van der Waals surface area contributed by atoms with Gasteiger partial charge in [-0.05, 0) is 18.2 Å². The Morgan fingerprint density at radius 2 is 1.84 bits per heavy atom. The molecule has 3 rings (SSSR count). The highest BCUT2D eigenvalue weighted by molar-refractivity contribution is 7.89. The molecule has 25 heavy (non-hydrogen) atoms. The lowest BCUT2D eigenvalue weighted by molar-refractivity contribution is 0.390.